The number of anilines is 2. The fraction of sp³-hybridized carbons (Fsp3) is 0.231. The van der Waals surface area contributed by atoms with Crippen LogP contribution in [0.15, 0.2) is 54.7 Å². The molecule has 0 aliphatic heterocycles. The van der Waals surface area contributed by atoms with Gasteiger partial charge in [0.2, 0.25) is 0 Å². The van der Waals surface area contributed by atoms with Gasteiger partial charge >= 0.3 is 12.0 Å². The number of rotatable bonds is 8. The first-order chi connectivity index (χ1) is 18.1. The summed E-state index contributed by atoms with van der Waals surface area (Å²) in [4.78, 5) is 28.1. The summed E-state index contributed by atoms with van der Waals surface area (Å²) in [6, 6.07) is 10.3. The van der Waals surface area contributed by atoms with E-state index >= 15 is 0 Å². The van der Waals surface area contributed by atoms with Gasteiger partial charge in [0.05, 0.1) is 5.56 Å². The van der Waals surface area contributed by atoms with Crippen molar-refractivity contribution in [2.24, 2.45) is 5.92 Å². The third kappa shape index (κ3) is 6.50. The first kappa shape index (κ1) is 28.6. The van der Waals surface area contributed by atoms with Gasteiger partial charge in [0.1, 0.15) is 17.5 Å². The number of nitrogens with zero attached hydrogens (tertiary/aromatic N) is 5. The molecule has 0 unspecified atom stereocenters. The van der Waals surface area contributed by atoms with Crippen molar-refractivity contribution >= 4 is 23.5 Å². The molecule has 2 heterocycles. The molecule has 2 aromatic heterocycles. The minimum atomic E-state index is -1.13. The Morgan fingerprint density at radius 2 is 1.85 bits per heavy atom. The fourth-order valence-electron chi connectivity index (χ4n) is 3.78. The van der Waals surface area contributed by atoms with Crippen molar-refractivity contribution in [3.63, 3.8) is 0 Å². The van der Waals surface area contributed by atoms with E-state index in [1.807, 2.05) is 13.8 Å². The van der Waals surface area contributed by atoms with Gasteiger partial charge in [0.25, 0.3) is 0 Å². The molecule has 0 saturated carbocycles. The topological polar surface area (TPSA) is 161 Å². The molecule has 11 nitrogen and oxygen atoms in total. The number of aliphatic carboxylic acids is 1. The van der Waals surface area contributed by atoms with E-state index in [1.54, 1.807) is 30.3 Å². The lowest BCUT2D eigenvalue weighted by Crippen LogP contribution is -2.43. The highest BCUT2D eigenvalue weighted by Gasteiger charge is 2.22. The molecule has 2 amide bonds. The number of benzene rings is 2. The first-order valence-electron chi connectivity index (χ1n) is 11.5. The number of halogens is 2. The fourth-order valence-corrected chi connectivity index (χ4v) is 3.78. The van der Waals surface area contributed by atoms with E-state index in [9.17, 15) is 23.5 Å². The van der Waals surface area contributed by atoms with E-state index in [-0.39, 0.29) is 42.7 Å². The van der Waals surface area contributed by atoms with Crippen LogP contribution in [0.1, 0.15) is 27.7 Å². The molecule has 4 aromatic rings. The second-order valence-electron chi connectivity index (χ2n) is 8.84. The Kier molecular flexibility index (Phi) is 8.86. The van der Waals surface area contributed by atoms with Gasteiger partial charge in [-0.05, 0) is 58.7 Å². The van der Waals surface area contributed by atoms with Gasteiger partial charge in [-0.3, -0.25) is 0 Å². The molecule has 39 heavy (non-hydrogen) atoms. The number of amides is 2. The molecule has 0 aliphatic carbocycles. The molecular formula is C26H28F2N8O3. The van der Waals surface area contributed by atoms with E-state index in [2.05, 4.69) is 31.1 Å². The van der Waals surface area contributed by atoms with Crippen LogP contribution in [0, 0.1) is 17.6 Å². The number of nitrogens with two attached hydrogens (primary N) is 1. The molecule has 1 atom stereocenters. The number of urea groups is 1. The monoisotopic (exact) mass is 538 g/mol. The van der Waals surface area contributed by atoms with Crippen LogP contribution in [0.5, 0.6) is 0 Å². The highest BCUT2D eigenvalue weighted by molar-refractivity contribution is 5.93. The summed E-state index contributed by atoms with van der Waals surface area (Å²) < 4.78 is 29.3. The number of pyridine rings is 1. The number of tetrazole rings is 1. The van der Waals surface area contributed by atoms with Crippen LogP contribution in [0.4, 0.5) is 25.1 Å². The van der Waals surface area contributed by atoms with Gasteiger partial charge in [-0.25, -0.2) is 23.4 Å². The van der Waals surface area contributed by atoms with E-state index in [0.717, 1.165) is 10.7 Å². The SMILES string of the molecule is C.CC(C)C[C@H](NC(=O)Nc1cccc(-c2cnc(N)c(-c3nnnn3-c3cccc(F)c3F)c2)c1)C(=O)O. The predicted molar refractivity (Wildman–Crippen MR) is 142 cm³/mol. The smallest absolute Gasteiger partial charge is 0.326 e. The zero-order chi connectivity index (χ0) is 27.4. The van der Waals surface area contributed by atoms with Crippen molar-refractivity contribution in [2.45, 2.75) is 33.7 Å². The van der Waals surface area contributed by atoms with E-state index in [0.29, 0.717) is 16.8 Å². The second-order valence-corrected chi connectivity index (χ2v) is 8.84. The summed E-state index contributed by atoms with van der Waals surface area (Å²) in [5, 5.41) is 25.7. The molecule has 204 valence electrons. The normalized spacial score (nSPS) is 11.5. The van der Waals surface area contributed by atoms with Gasteiger partial charge in [-0.2, -0.15) is 4.68 Å². The van der Waals surface area contributed by atoms with Crippen molar-refractivity contribution in [1.29, 1.82) is 0 Å². The lowest BCUT2D eigenvalue weighted by Gasteiger charge is -2.17. The lowest BCUT2D eigenvalue weighted by molar-refractivity contribution is -0.139. The van der Waals surface area contributed by atoms with Crippen molar-refractivity contribution < 1.29 is 23.5 Å². The number of nitrogens with one attached hydrogen (secondary N) is 2. The van der Waals surface area contributed by atoms with E-state index in [4.69, 9.17) is 5.73 Å². The molecule has 0 saturated heterocycles. The highest BCUT2D eigenvalue weighted by atomic mass is 19.2. The number of carbonyl (C=O) groups excluding carboxylic acids is 1. The molecule has 0 aliphatic rings. The summed E-state index contributed by atoms with van der Waals surface area (Å²) in [6.45, 7) is 3.72. The summed E-state index contributed by atoms with van der Waals surface area (Å²) in [5.74, 6) is -3.13. The Morgan fingerprint density at radius 3 is 2.56 bits per heavy atom. The average Bonchev–Trinajstić information content (AvgIpc) is 3.35. The van der Waals surface area contributed by atoms with Gasteiger partial charge in [0.15, 0.2) is 17.5 Å². The largest absolute Gasteiger partial charge is 0.480 e. The van der Waals surface area contributed by atoms with Crippen LogP contribution in [-0.2, 0) is 4.79 Å². The third-order valence-corrected chi connectivity index (χ3v) is 5.55. The van der Waals surface area contributed by atoms with E-state index < -0.39 is 29.7 Å². The molecule has 4 rings (SSSR count). The molecule has 0 fully saturated rings. The first-order valence-corrected chi connectivity index (χ1v) is 11.5. The van der Waals surface area contributed by atoms with Crippen LogP contribution >= 0.6 is 0 Å². The second kappa shape index (κ2) is 12.1. The van der Waals surface area contributed by atoms with Crippen LogP contribution in [0.25, 0.3) is 28.2 Å². The van der Waals surface area contributed by atoms with Gasteiger partial charge in [-0.15, -0.1) is 5.10 Å². The van der Waals surface area contributed by atoms with Crippen molar-refractivity contribution in [3.8, 4) is 28.2 Å². The van der Waals surface area contributed by atoms with E-state index in [1.165, 1.54) is 18.3 Å². The Balaban J connectivity index is 0.00000420. The van der Waals surface area contributed by atoms with Crippen molar-refractivity contribution in [2.75, 3.05) is 11.1 Å². The Labute approximate surface area is 223 Å². The number of carboxylic acids is 1. The highest BCUT2D eigenvalue weighted by Crippen LogP contribution is 2.31. The standard InChI is InChI=1S/C25H24F2N8O3.CH4/c1-13(2)9-19(24(36)37)31-25(38)30-16-6-3-5-14(10-16)15-11-17(22(28)29-12-15)23-32-33-34-35(23)20-8-4-7-18(26)21(20)27;/h3-8,10-13,19H,9H2,1-2H3,(H2,28,29)(H,36,37)(H2,30,31,38);1H4/t19-;/m0./s1. The third-order valence-electron chi connectivity index (χ3n) is 5.55. The zero-order valence-electron chi connectivity index (χ0n) is 20.4. The van der Waals surface area contributed by atoms with Crippen molar-refractivity contribution in [1.82, 2.24) is 30.5 Å². The Bertz CT molecular complexity index is 1490. The van der Waals surface area contributed by atoms with Crippen LogP contribution in [0.3, 0.4) is 0 Å². The number of hydrogen-bond acceptors (Lipinski definition) is 7. The zero-order valence-corrected chi connectivity index (χ0v) is 20.4. The summed E-state index contributed by atoms with van der Waals surface area (Å²) in [7, 11) is 0. The maximum atomic E-state index is 14.4. The van der Waals surface area contributed by atoms with Crippen LogP contribution in [0.2, 0.25) is 0 Å². The average molecular weight is 539 g/mol. The Morgan fingerprint density at radius 1 is 1.10 bits per heavy atom. The quantitative estimate of drug-likeness (QED) is 0.255. The molecule has 0 radical (unpaired) electrons. The number of hydrogen-bond donors (Lipinski definition) is 4. The lowest BCUT2D eigenvalue weighted by atomic mass is 10.0. The van der Waals surface area contributed by atoms with Gasteiger partial charge < -0.3 is 21.5 Å². The predicted octanol–water partition coefficient (Wildman–Crippen LogP) is 4.51. The summed E-state index contributed by atoms with van der Waals surface area (Å²) >= 11 is 0. The minimum Gasteiger partial charge on any atom is -0.480 e. The summed E-state index contributed by atoms with van der Waals surface area (Å²) in [6.07, 6.45) is 1.78. The number of carbonyl (C=O) groups is 2. The molecule has 0 spiro atoms. The Hall–Kier alpha value is -4.94. The minimum absolute atomic E-state index is 0. The van der Waals surface area contributed by atoms with Crippen molar-refractivity contribution in [3.05, 3.63) is 66.4 Å². The molecular weight excluding hydrogens is 510 g/mol. The molecule has 5 N–H and O–H groups in total. The van der Waals surface area contributed by atoms with Gasteiger partial charge in [-0.1, -0.05) is 39.5 Å². The van der Waals surface area contributed by atoms with Gasteiger partial charge in [0, 0.05) is 17.4 Å². The number of carboxylic acid groups (broad SMARTS) is 1. The maximum absolute atomic E-state index is 14.4. The molecule has 13 heteroatoms. The molecule has 2 aromatic carbocycles. The number of nitrogen functional groups attached to an aromatic ring is 1. The molecule has 0 bridgehead atoms. The number of aromatic nitrogens is 5. The summed E-state index contributed by atoms with van der Waals surface area (Å²) in [5.41, 5.74) is 7.73. The maximum Gasteiger partial charge on any atom is 0.326 e. The van der Waals surface area contributed by atoms with Crippen LogP contribution < -0.4 is 16.4 Å². The van der Waals surface area contributed by atoms with Crippen LogP contribution in [-0.4, -0.2) is 48.3 Å².